The van der Waals surface area contributed by atoms with E-state index in [1.165, 1.54) is 0 Å². The number of aromatic nitrogens is 2. The van der Waals surface area contributed by atoms with Gasteiger partial charge in [0.2, 0.25) is 5.91 Å². The van der Waals surface area contributed by atoms with Gasteiger partial charge in [0.25, 0.3) is 5.91 Å². The number of aryl methyl sites for hydroxylation is 2. The number of benzene rings is 1. The molecule has 0 radical (unpaired) electrons. The topological polar surface area (TPSA) is 67.7 Å². The highest BCUT2D eigenvalue weighted by atomic mass is 16.5. The molecule has 1 spiro atoms. The lowest BCUT2D eigenvalue weighted by atomic mass is 10.1. The van der Waals surface area contributed by atoms with E-state index in [-0.39, 0.29) is 17.9 Å². The van der Waals surface area contributed by atoms with Crippen LogP contribution in [0.4, 0.5) is 0 Å². The molecule has 0 bridgehead atoms. The summed E-state index contributed by atoms with van der Waals surface area (Å²) in [5.74, 6) is 0.0699. The highest BCUT2D eigenvalue weighted by Crippen LogP contribution is 2.45. The van der Waals surface area contributed by atoms with Crippen molar-refractivity contribution in [2.24, 2.45) is 0 Å². The molecule has 7 heteroatoms. The summed E-state index contributed by atoms with van der Waals surface area (Å²) in [5, 5.41) is 4.51. The predicted octanol–water partition coefficient (Wildman–Crippen LogP) is 1.72. The van der Waals surface area contributed by atoms with Crippen molar-refractivity contribution in [3.63, 3.8) is 0 Å². The lowest BCUT2D eigenvalue weighted by Gasteiger charge is -2.31. The van der Waals surface area contributed by atoms with Crippen LogP contribution in [-0.4, -0.2) is 62.9 Å². The zero-order valence-corrected chi connectivity index (χ0v) is 16.2. The number of carbonyl (C=O) groups is 2. The first-order valence-corrected chi connectivity index (χ1v) is 9.83. The fourth-order valence-corrected chi connectivity index (χ4v) is 5.01. The van der Waals surface area contributed by atoms with E-state index in [2.05, 4.69) is 5.10 Å². The van der Waals surface area contributed by atoms with Gasteiger partial charge >= 0.3 is 0 Å². The van der Waals surface area contributed by atoms with E-state index in [0.29, 0.717) is 44.6 Å². The minimum absolute atomic E-state index is 0.0257. The highest BCUT2D eigenvalue weighted by molar-refractivity contribution is 5.96. The molecule has 3 fully saturated rings. The molecule has 0 saturated carbocycles. The fraction of sp³-hybridized carbons (Fsp3) is 0.476. The van der Waals surface area contributed by atoms with E-state index in [4.69, 9.17) is 4.74 Å². The van der Waals surface area contributed by atoms with Crippen molar-refractivity contribution in [2.75, 3.05) is 19.7 Å². The summed E-state index contributed by atoms with van der Waals surface area (Å²) in [4.78, 5) is 29.3. The lowest BCUT2D eigenvalue weighted by Crippen LogP contribution is -2.48. The molecule has 5 rings (SSSR count). The van der Waals surface area contributed by atoms with Crippen molar-refractivity contribution in [3.8, 4) is 0 Å². The molecule has 2 atom stereocenters. The summed E-state index contributed by atoms with van der Waals surface area (Å²) in [6.07, 6.45) is 1.05. The first kappa shape index (κ1) is 17.4. The van der Waals surface area contributed by atoms with Crippen LogP contribution < -0.4 is 0 Å². The summed E-state index contributed by atoms with van der Waals surface area (Å²) in [6, 6.07) is 9.58. The molecular formula is C21H24N4O3. The Labute approximate surface area is 163 Å². The van der Waals surface area contributed by atoms with Gasteiger partial charge in [-0.3, -0.25) is 14.3 Å². The maximum atomic E-state index is 13.3. The average molecular weight is 380 g/mol. The standard InChI is InChI=1S/C21H24N4O3/c1-14-10-15(2)25(22-14)13-16-4-3-5-17(11-16)20(27)23-7-6-21-18(23)12-19(26)24(21)8-9-28-21/h3-5,10-11,18H,6-9,12-13H2,1-2H3/t18-,21+/m1/s1. The highest BCUT2D eigenvalue weighted by Gasteiger charge is 2.62. The summed E-state index contributed by atoms with van der Waals surface area (Å²) >= 11 is 0. The Hall–Kier alpha value is -2.67. The third kappa shape index (κ3) is 2.49. The number of likely N-dealkylation sites (tertiary alicyclic amines) is 1. The molecule has 2 amide bonds. The van der Waals surface area contributed by atoms with Crippen LogP contribution in [0.3, 0.4) is 0 Å². The summed E-state index contributed by atoms with van der Waals surface area (Å²) in [6.45, 7) is 6.45. The third-order valence-electron chi connectivity index (χ3n) is 6.27. The molecule has 2 aromatic rings. The second-order valence-electron chi connectivity index (χ2n) is 7.99. The zero-order valence-electron chi connectivity index (χ0n) is 16.2. The van der Waals surface area contributed by atoms with Crippen LogP contribution in [0, 0.1) is 13.8 Å². The third-order valence-corrected chi connectivity index (χ3v) is 6.27. The molecule has 4 heterocycles. The van der Waals surface area contributed by atoms with E-state index >= 15 is 0 Å². The summed E-state index contributed by atoms with van der Waals surface area (Å²) < 4.78 is 7.94. The number of hydrogen-bond acceptors (Lipinski definition) is 4. The van der Waals surface area contributed by atoms with E-state index < -0.39 is 5.72 Å². The SMILES string of the molecule is Cc1cc(C)n(Cc2cccc(C(=O)N3CC[C@@]45OCCN4C(=O)C[C@@H]35)c2)n1. The van der Waals surface area contributed by atoms with Crippen LogP contribution in [0.2, 0.25) is 0 Å². The van der Waals surface area contributed by atoms with Crippen LogP contribution >= 0.6 is 0 Å². The minimum atomic E-state index is -0.589. The van der Waals surface area contributed by atoms with Gasteiger partial charge in [-0.1, -0.05) is 12.1 Å². The number of hydrogen-bond donors (Lipinski definition) is 0. The van der Waals surface area contributed by atoms with Crippen LogP contribution in [0.15, 0.2) is 30.3 Å². The van der Waals surface area contributed by atoms with Gasteiger partial charge in [-0.2, -0.15) is 5.10 Å². The van der Waals surface area contributed by atoms with Crippen molar-refractivity contribution >= 4 is 11.8 Å². The molecule has 0 unspecified atom stereocenters. The van der Waals surface area contributed by atoms with E-state index in [1.807, 2.05) is 58.7 Å². The summed E-state index contributed by atoms with van der Waals surface area (Å²) in [5.41, 5.74) is 3.18. The van der Waals surface area contributed by atoms with Crippen molar-refractivity contribution in [1.82, 2.24) is 19.6 Å². The van der Waals surface area contributed by atoms with Crippen molar-refractivity contribution in [2.45, 2.75) is 45.0 Å². The van der Waals surface area contributed by atoms with E-state index in [0.717, 1.165) is 17.0 Å². The number of carbonyl (C=O) groups excluding carboxylic acids is 2. The van der Waals surface area contributed by atoms with E-state index in [9.17, 15) is 9.59 Å². The normalized spacial score (nSPS) is 26.1. The molecule has 1 aromatic heterocycles. The van der Waals surface area contributed by atoms with Gasteiger partial charge in [-0.05, 0) is 37.6 Å². The van der Waals surface area contributed by atoms with Gasteiger partial charge in [0.15, 0.2) is 5.72 Å². The number of ether oxygens (including phenoxy) is 1. The Kier molecular flexibility index (Phi) is 3.84. The van der Waals surface area contributed by atoms with Gasteiger partial charge in [0.1, 0.15) is 0 Å². The van der Waals surface area contributed by atoms with Crippen molar-refractivity contribution in [1.29, 1.82) is 0 Å². The van der Waals surface area contributed by atoms with Gasteiger partial charge in [-0.15, -0.1) is 0 Å². The molecular weight excluding hydrogens is 356 g/mol. The predicted molar refractivity (Wildman–Crippen MR) is 102 cm³/mol. The molecule has 0 N–H and O–H groups in total. The molecule has 0 aliphatic carbocycles. The maximum absolute atomic E-state index is 13.3. The molecule has 7 nitrogen and oxygen atoms in total. The Morgan fingerprint density at radius 1 is 1.29 bits per heavy atom. The monoisotopic (exact) mass is 380 g/mol. The minimum Gasteiger partial charge on any atom is -0.351 e. The Morgan fingerprint density at radius 3 is 2.93 bits per heavy atom. The number of amides is 2. The average Bonchev–Trinajstić information content (AvgIpc) is 3.38. The van der Waals surface area contributed by atoms with Crippen molar-refractivity contribution < 1.29 is 14.3 Å². The van der Waals surface area contributed by atoms with Gasteiger partial charge in [-0.25, -0.2) is 0 Å². The lowest BCUT2D eigenvalue weighted by molar-refractivity contribution is -0.136. The Bertz CT molecular complexity index is 968. The zero-order chi connectivity index (χ0) is 19.5. The number of rotatable bonds is 3. The van der Waals surface area contributed by atoms with Crippen molar-refractivity contribution in [3.05, 3.63) is 52.8 Å². The Balaban J connectivity index is 1.39. The van der Waals surface area contributed by atoms with Crippen LogP contribution in [-0.2, 0) is 16.1 Å². The smallest absolute Gasteiger partial charge is 0.254 e. The van der Waals surface area contributed by atoms with Gasteiger partial charge in [0.05, 0.1) is 31.3 Å². The van der Waals surface area contributed by atoms with Gasteiger partial charge in [0, 0.05) is 30.8 Å². The molecule has 3 saturated heterocycles. The molecule has 146 valence electrons. The first-order chi connectivity index (χ1) is 13.5. The first-order valence-electron chi connectivity index (χ1n) is 9.83. The number of nitrogens with zero attached hydrogens (tertiary/aromatic N) is 4. The fourth-order valence-electron chi connectivity index (χ4n) is 5.01. The quantitative estimate of drug-likeness (QED) is 0.813. The molecule has 1 aromatic carbocycles. The second kappa shape index (κ2) is 6.17. The van der Waals surface area contributed by atoms with Crippen LogP contribution in [0.25, 0.3) is 0 Å². The maximum Gasteiger partial charge on any atom is 0.254 e. The molecule has 28 heavy (non-hydrogen) atoms. The largest absolute Gasteiger partial charge is 0.351 e. The second-order valence-corrected chi connectivity index (χ2v) is 7.99. The van der Waals surface area contributed by atoms with E-state index in [1.54, 1.807) is 0 Å². The van der Waals surface area contributed by atoms with Gasteiger partial charge < -0.3 is 14.5 Å². The molecule has 3 aliphatic heterocycles. The Morgan fingerprint density at radius 2 is 2.14 bits per heavy atom. The molecule has 3 aliphatic rings. The van der Waals surface area contributed by atoms with Crippen LogP contribution in [0.1, 0.15) is 40.2 Å². The van der Waals surface area contributed by atoms with Crippen LogP contribution in [0.5, 0.6) is 0 Å². The summed E-state index contributed by atoms with van der Waals surface area (Å²) in [7, 11) is 0.